The molecule has 0 aliphatic carbocycles. The van der Waals surface area contributed by atoms with Crippen LogP contribution in [-0.2, 0) is 27.7 Å². The van der Waals surface area contributed by atoms with Crippen LogP contribution >= 0.6 is 35.3 Å². The molecule has 3 N–H and O–H groups in total. The Hall–Kier alpha value is -1.77. The van der Waals surface area contributed by atoms with Crippen molar-refractivity contribution in [3.63, 3.8) is 0 Å². The molecule has 0 spiro atoms. The van der Waals surface area contributed by atoms with Crippen molar-refractivity contribution < 1.29 is 17.9 Å². The van der Waals surface area contributed by atoms with E-state index in [0.717, 1.165) is 28.9 Å². The Labute approximate surface area is 243 Å². The zero-order chi connectivity index (χ0) is 26.9. The van der Waals surface area contributed by atoms with E-state index >= 15 is 0 Å². The number of piperazine rings is 1. The highest BCUT2D eigenvalue weighted by Crippen LogP contribution is 2.29. The molecule has 2 unspecified atom stereocenters. The first-order chi connectivity index (χ1) is 18.3. The predicted molar refractivity (Wildman–Crippen MR) is 156 cm³/mol. The van der Waals surface area contributed by atoms with Gasteiger partial charge in [-0.05, 0) is 44.2 Å². The summed E-state index contributed by atoms with van der Waals surface area (Å²) in [5.74, 6) is -0.128. The van der Waals surface area contributed by atoms with Crippen LogP contribution in [0.25, 0.3) is 10.9 Å². The topological polar surface area (TPSA) is 120 Å². The number of aromatic nitrogens is 2. The standard InChI is InChI=1S/C25H33ClN6O4S2.ClH/c1-16-11-21-22(14-28-16)37-24(30-21)25(33)32-9-8-31(15-19(32)5-6-27-7-10-36-2)38(34,35)23-13-17-12-18(26)3-4-20(17)29-23;/h3-4,12-13,16,19,27-29H,5-11,14-15H2,1-2H3;1H. The van der Waals surface area contributed by atoms with Gasteiger partial charge in [0.05, 0.1) is 12.3 Å². The number of thiazole rings is 1. The molecule has 0 radical (unpaired) electrons. The van der Waals surface area contributed by atoms with Gasteiger partial charge in [-0.2, -0.15) is 4.31 Å². The zero-order valence-electron chi connectivity index (χ0n) is 21.9. The number of methoxy groups -OCH3 is 1. The Bertz CT molecular complexity index is 1410. The minimum Gasteiger partial charge on any atom is -0.383 e. The largest absolute Gasteiger partial charge is 0.383 e. The molecule has 2 atom stereocenters. The van der Waals surface area contributed by atoms with Crippen LogP contribution in [0, 0.1) is 0 Å². The lowest BCUT2D eigenvalue weighted by molar-refractivity contribution is 0.0549. The second-order valence-electron chi connectivity index (χ2n) is 9.79. The van der Waals surface area contributed by atoms with Crippen LogP contribution in [0.15, 0.2) is 29.3 Å². The van der Waals surface area contributed by atoms with Crippen LogP contribution in [0.3, 0.4) is 0 Å². The summed E-state index contributed by atoms with van der Waals surface area (Å²) in [5, 5.41) is 8.62. The minimum atomic E-state index is -3.80. The summed E-state index contributed by atoms with van der Waals surface area (Å²) in [6.07, 6.45) is 1.40. The Balaban J connectivity index is 0.00000353. The van der Waals surface area contributed by atoms with Gasteiger partial charge in [0, 0.05) is 79.1 Å². The zero-order valence-corrected chi connectivity index (χ0v) is 25.1. The van der Waals surface area contributed by atoms with Gasteiger partial charge in [0.15, 0.2) is 5.01 Å². The maximum Gasteiger partial charge on any atom is 0.283 e. The molecule has 2 aliphatic rings. The summed E-state index contributed by atoms with van der Waals surface area (Å²) < 4.78 is 33.8. The Kier molecular flexibility index (Phi) is 9.92. The fraction of sp³-hybridized carbons (Fsp3) is 0.520. The maximum absolute atomic E-state index is 13.6. The molecule has 3 aromatic rings. The minimum absolute atomic E-state index is 0. The van der Waals surface area contributed by atoms with Gasteiger partial charge in [0.1, 0.15) is 5.03 Å². The third-order valence-corrected chi connectivity index (χ3v) is 10.2. The first-order valence-corrected chi connectivity index (χ1v) is 15.4. The molecule has 0 bridgehead atoms. The molecule has 2 aromatic heterocycles. The Morgan fingerprint density at radius 1 is 1.28 bits per heavy atom. The number of nitrogens with zero attached hydrogens (tertiary/aromatic N) is 3. The van der Waals surface area contributed by atoms with Crippen molar-refractivity contribution in [2.45, 2.75) is 43.4 Å². The van der Waals surface area contributed by atoms with E-state index < -0.39 is 10.0 Å². The molecule has 1 aromatic carbocycles. The molecule has 4 heterocycles. The number of amides is 1. The van der Waals surface area contributed by atoms with Gasteiger partial charge in [0.25, 0.3) is 15.9 Å². The van der Waals surface area contributed by atoms with Gasteiger partial charge >= 0.3 is 0 Å². The SMILES string of the molecule is COCCNCCC1CN(S(=O)(=O)c2cc3cc(Cl)ccc3[nH]2)CCN1C(=O)c1nc2c(s1)CNC(C)C2.Cl. The molecule has 5 rings (SSSR count). The second-order valence-corrected chi connectivity index (χ2v) is 13.2. The quantitative estimate of drug-likeness (QED) is 0.316. The van der Waals surface area contributed by atoms with Crippen LogP contribution in [0.4, 0.5) is 0 Å². The van der Waals surface area contributed by atoms with E-state index in [1.54, 1.807) is 36.3 Å². The number of carbonyl (C=O) groups excluding carboxylic acids is 1. The van der Waals surface area contributed by atoms with Gasteiger partial charge in [-0.1, -0.05) is 11.6 Å². The number of sulfonamides is 1. The number of rotatable bonds is 9. The van der Waals surface area contributed by atoms with Crippen LogP contribution in [0.1, 0.15) is 33.7 Å². The van der Waals surface area contributed by atoms with Crippen LogP contribution in [0.2, 0.25) is 5.02 Å². The van der Waals surface area contributed by atoms with E-state index in [2.05, 4.69) is 27.5 Å². The molecule has 2 aliphatic heterocycles. The number of hydrogen-bond acceptors (Lipinski definition) is 8. The molecule has 10 nitrogen and oxygen atoms in total. The average Bonchev–Trinajstić information content (AvgIpc) is 3.52. The molecule has 14 heteroatoms. The molecule has 0 saturated carbocycles. The van der Waals surface area contributed by atoms with Crippen molar-refractivity contribution in [2.75, 3.05) is 46.4 Å². The summed E-state index contributed by atoms with van der Waals surface area (Å²) in [6, 6.07) is 6.88. The number of fused-ring (bicyclic) bond motifs is 2. The first kappa shape index (κ1) is 30.2. The van der Waals surface area contributed by atoms with E-state index in [9.17, 15) is 13.2 Å². The summed E-state index contributed by atoms with van der Waals surface area (Å²) in [4.78, 5) is 24.3. The highest BCUT2D eigenvalue weighted by Gasteiger charge is 2.38. The highest BCUT2D eigenvalue weighted by molar-refractivity contribution is 7.89. The number of ether oxygens (including phenoxy) is 1. The van der Waals surface area contributed by atoms with E-state index in [0.29, 0.717) is 54.3 Å². The molecule has 214 valence electrons. The third kappa shape index (κ3) is 6.59. The normalized spacial score (nSPS) is 20.1. The summed E-state index contributed by atoms with van der Waals surface area (Å²) in [7, 11) is -2.15. The van der Waals surface area contributed by atoms with E-state index in [1.165, 1.54) is 15.6 Å². The molecule has 1 amide bonds. The van der Waals surface area contributed by atoms with Gasteiger partial charge in [0.2, 0.25) is 0 Å². The lowest BCUT2D eigenvalue weighted by Gasteiger charge is -2.40. The highest BCUT2D eigenvalue weighted by atomic mass is 35.5. The molecular weight excluding hydrogens is 583 g/mol. The predicted octanol–water partition coefficient (Wildman–Crippen LogP) is 2.88. The van der Waals surface area contributed by atoms with Gasteiger partial charge in [-0.25, -0.2) is 13.4 Å². The van der Waals surface area contributed by atoms with E-state index in [4.69, 9.17) is 16.3 Å². The number of benzene rings is 1. The summed E-state index contributed by atoms with van der Waals surface area (Å²) in [5.41, 5.74) is 1.69. The van der Waals surface area contributed by atoms with Crippen LogP contribution in [-0.4, -0.2) is 92.0 Å². The third-order valence-electron chi connectivity index (χ3n) is 7.09. The number of carbonyl (C=O) groups is 1. The van der Waals surface area contributed by atoms with Crippen LogP contribution in [0.5, 0.6) is 0 Å². The van der Waals surface area contributed by atoms with Gasteiger partial charge in [-0.15, -0.1) is 23.7 Å². The van der Waals surface area contributed by atoms with Crippen LogP contribution < -0.4 is 10.6 Å². The fourth-order valence-electron chi connectivity index (χ4n) is 5.01. The number of halogens is 2. The fourth-order valence-corrected chi connectivity index (χ4v) is 7.67. The number of aromatic amines is 1. The summed E-state index contributed by atoms with van der Waals surface area (Å²) in [6.45, 7) is 5.43. The van der Waals surface area contributed by atoms with Crippen molar-refractivity contribution in [2.24, 2.45) is 0 Å². The summed E-state index contributed by atoms with van der Waals surface area (Å²) >= 11 is 7.53. The lowest BCUT2D eigenvalue weighted by atomic mass is 10.1. The van der Waals surface area contributed by atoms with Crippen molar-refractivity contribution in [3.05, 3.63) is 44.9 Å². The number of hydrogen-bond donors (Lipinski definition) is 3. The monoisotopic (exact) mass is 616 g/mol. The Morgan fingerprint density at radius 2 is 2.10 bits per heavy atom. The van der Waals surface area contributed by atoms with E-state index in [-0.39, 0.29) is 42.5 Å². The van der Waals surface area contributed by atoms with E-state index in [1.807, 2.05) is 0 Å². The molecular formula is C25H34Cl2N6O4S2. The second kappa shape index (κ2) is 12.8. The molecule has 39 heavy (non-hydrogen) atoms. The number of H-pyrrole nitrogens is 1. The molecule has 1 fully saturated rings. The van der Waals surface area contributed by atoms with Crippen molar-refractivity contribution in [1.82, 2.24) is 29.8 Å². The number of nitrogens with one attached hydrogen (secondary N) is 3. The van der Waals surface area contributed by atoms with Gasteiger partial charge < -0.3 is 25.3 Å². The maximum atomic E-state index is 13.6. The van der Waals surface area contributed by atoms with Crippen molar-refractivity contribution >= 4 is 62.2 Å². The molecule has 1 saturated heterocycles. The lowest BCUT2D eigenvalue weighted by Crippen LogP contribution is -2.57. The smallest absolute Gasteiger partial charge is 0.283 e. The van der Waals surface area contributed by atoms with Gasteiger partial charge in [-0.3, -0.25) is 4.79 Å². The average molecular weight is 618 g/mol. The Morgan fingerprint density at radius 3 is 2.90 bits per heavy atom. The first-order valence-electron chi connectivity index (χ1n) is 12.8. The van der Waals surface area contributed by atoms with Crippen molar-refractivity contribution in [3.8, 4) is 0 Å². The van der Waals surface area contributed by atoms with Crippen molar-refractivity contribution in [1.29, 1.82) is 0 Å².